The molecular formula is C82H87N17O16S3. The topological polar surface area (TPSA) is 430 Å². The van der Waals surface area contributed by atoms with E-state index >= 15 is 0 Å². The molecule has 9 heterocycles. The van der Waals surface area contributed by atoms with Crippen molar-refractivity contribution in [1.82, 2.24) is 83.9 Å². The number of likely N-dealkylation sites (tertiary alicyclic amines) is 1. The summed E-state index contributed by atoms with van der Waals surface area (Å²) in [6, 6.07) is 24.2. The summed E-state index contributed by atoms with van der Waals surface area (Å²) in [7, 11) is 0. The largest absolute Gasteiger partial charge is 0.490 e. The molecule has 4 atom stereocenters. The number of amides is 1. The van der Waals surface area contributed by atoms with E-state index in [1.807, 2.05) is 29.2 Å². The van der Waals surface area contributed by atoms with Crippen LogP contribution in [-0.4, -0.2) is 165 Å². The summed E-state index contributed by atoms with van der Waals surface area (Å²) in [6.07, 6.45) is 25.6. The molecule has 3 fully saturated rings. The fraction of sp³-hybridized carbons (Fsp3) is 0.317. The van der Waals surface area contributed by atoms with Crippen LogP contribution in [0, 0.1) is 13.9 Å². The van der Waals surface area contributed by atoms with E-state index in [4.69, 9.17) is 65.1 Å². The molecule has 2 saturated carbocycles. The van der Waals surface area contributed by atoms with E-state index in [-0.39, 0.29) is 76.0 Å². The van der Waals surface area contributed by atoms with Crippen LogP contribution >= 0.6 is 36.7 Å². The number of aliphatic carboxylic acids is 1. The van der Waals surface area contributed by atoms with Gasteiger partial charge in [0.2, 0.25) is 5.91 Å². The van der Waals surface area contributed by atoms with Crippen molar-refractivity contribution in [2.45, 2.75) is 126 Å². The lowest BCUT2D eigenvalue weighted by Crippen LogP contribution is -2.38. The van der Waals surface area contributed by atoms with Crippen molar-refractivity contribution in [3.05, 3.63) is 261 Å². The van der Waals surface area contributed by atoms with Crippen LogP contribution < -0.4 is 46.7 Å². The van der Waals surface area contributed by atoms with Crippen LogP contribution in [0.4, 0.5) is 0 Å². The molecule has 12 aromatic rings. The Kier molecular flexibility index (Phi) is 28.5. The molecule has 0 bridgehead atoms. The van der Waals surface area contributed by atoms with Gasteiger partial charge in [-0.1, -0.05) is 161 Å². The molecule has 9 N–H and O–H groups in total. The standard InChI is InChI=1S/C22H25N5O3S.C22H24N4O5.C22H24N4O4S.C16H14N4O4S/c1-2-12-30-16-9-7-8-15(13-16)18(21(29)26-10-5-3-4-6-11-26)27-14-23-19-17(22(27)31)20(28)25-24-19;1-2-11-30-16-10-6-7-14(12-16)18(22(29)31-15-8-4-3-5-9-15)26-13-23-19-17(21(26)28)20(27)25-24-19;1-2-11-29-16-10-6-7-14(12-16)18(22(28)30-15-8-4-3-5-9-15)26-13-23-19-17(21(26)31)20(27)25-24-19;1-2-6-24-10-5-3-4-9(7-10)12(16(22)23)20-8-17-13-11(15(20)25)14(21)19-18-13/h2,7-9,13-14,18H,1,3-6,10-12H2,(H2,24,25,28);2*2,6-7,10,12-13,15,18H,1,3-5,8-9,11H2,(H2,24,25,27);2-5,7-8,12H,1,6H2,(H,22,23)(H2,18,19,21). The maximum absolute atomic E-state index is 13.8. The summed E-state index contributed by atoms with van der Waals surface area (Å²) in [5, 5.41) is 30.5. The predicted molar refractivity (Wildman–Crippen MR) is 447 cm³/mol. The highest BCUT2D eigenvalue weighted by Crippen LogP contribution is 2.33. The van der Waals surface area contributed by atoms with Crippen LogP contribution in [0.5, 0.6) is 23.0 Å². The fourth-order valence-electron chi connectivity index (χ4n) is 14.2. The summed E-state index contributed by atoms with van der Waals surface area (Å²) >= 11 is 16.5. The lowest BCUT2D eigenvalue weighted by Gasteiger charge is -2.28. The number of ether oxygens (including phenoxy) is 6. The zero-order valence-corrected chi connectivity index (χ0v) is 66.6. The van der Waals surface area contributed by atoms with Crippen LogP contribution in [0.2, 0.25) is 0 Å². The molecule has 3 aliphatic rings. The molecule has 1 saturated heterocycles. The molecule has 4 unspecified atom stereocenters. The second-order valence-corrected chi connectivity index (χ2v) is 29.0. The van der Waals surface area contributed by atoms with Crippen molar-refractivity contribution in [2.24, 2.45) is 0 Å². The quantitative estimate of drug-likeness (QED) is 0.0138. The lowest BCUT2D eigenvalue weighted by molar-refractivity contribution is -0.154. The molecule has 36 heteroatoms. The summed E-state index contributed by atoms with van der Waals surface area (Å²) in [5.41, 5.74) is 1.00. The van der Waals surface area contributed by atoms with Gasteiger partial charge in [-0.25, -0.2) is 34.3 Å². The van der Waals surface area contributed by atoms with E-state index in [1.165, 1.54) is 34.4 Å². The molecule has 0 radical (unpaired) electrons. The molecule has 2 aliphatic carbocycles. The summed E-state index contributed by atoms with van der Waals surface area (Å²) in [6.45, 7) is 17.2. The maximum Gasteiger partial charge on any atom is 0.334 e. The Morgan fingerprint density at radius 3 is 1.06 bits per heavy atom. The van der Waals surface area contributed by atoms with E-state index in [0.29, 0.717) is 90.5 Å². The third kappa shape index (κ3) is 19.8. The first-order chi connectivity index (χ1) is 57.3. The highest BCUT2D eigenvalue weighted by atomic mass is 32.1. The summed E-state index contributed by atoms with van der Waals surface area (Å²) in [4.78, 5) is 133. The number of esters is 2. The number of nitrogens with one attached hydrogen (secondary N) is 8. The molecule has 614 valence electrons. The number of aromatic amines is 8. The number of hydrogen-bond donors (Lipinski definition) is 9. The van der Waals surface area contributed by atoms with Gasteiger partial charge in [-0.05, 0) is 135 Å². The normalized spacial score (nSPS) is 14.7. The Bertz CT molecular complexity index is 5970. The van der Waals surface area contributed by atoms with Gasteiger partial charge in [0.1, 0.15) is 104 Å². The first kappa shape index (κ1) is 84.2. The summed E-state index contributed by atoms with van der Waals surface area (Å²) in [5.74, 6) is 0.0502. The SMILES string of the molecule is C=CCOc1cccc(C(C(=O)N2CCCCCC2)n2cnc3[nH][nH]c(=O)c3c2=S)c1.C=CCOc1cccc(C(C(=O)O)n2cnc3[nH][nH]c(=O)c3c2=S)c1.C=CCOc1cccc(C(C(=O)OC2CCCCC2)n2cnc3[nH][nH]c(=O)c3c2=O)c1.C=CCOc1cccc(C(C(=O)OC2CCCCC2)n2cnc3[nH][nH]c(=O)c3c2=S)c1. The number of fused-ring (bicyclic) bond motifs is 4. The molecule has 0 spiro atoms. The first-order valence-corrected chi connectivity index (χ1v) is 39.5. The second-order valence-electron chi connectivity index (χ2n) is 27.8. The lowest BCUT2D eigenvalue weighted by atomic mass is 9.97. The number of aromatic nitrogens is 16. The Hall–Kier alpha value is -13.2. The van der Waals surface area contributed by atoms with Crippen molar-refractivity contribution < 1.29 is 52.7 Å². The molecule has 118 heavy (non-hydrogen) atoms. The van der Waals surface area contributed by atoms with Crippen molar-refractivity contribution in [2.75, 3.05) is 39.5 Å². The predicted octanol–water partition coefficient (Wildman–Crippen LogP) is 11.6. The van der Waals surface area contributed by atoms with E-state index in [0.717, 1.165) is 100 Å². The highest BCUT2D eigenvalue weighted by molar-refractivity contribution is 7.72. The van der Waals surface area contributed by atoms with Crippen molar-refractivity contribution in [1.29, 1.82) is 0 Å². The van der Waals surface area contributed by atoms with E-state index in [2.05, 4.69) is 87.0 Å². The van der Waals surface area contributed by atoms with Crippen molar-refractivity contribution in [3.8, 4) is 23.0 Å². The Morgan fingerprint density at radius 1 is 0.407 bits per heavy atom. The molecule has 1 amide bonds. The fourth-order valence-corrected chi connectivity index (χ4v) is 15.2. The zero-order valence-electron chi connectivity index (χ0n) is 64.1. The van der Waals surface area contributed by atoms with Gasteiger partial charge < -0.3 is 52.1 Å². The van der Waals surface area contributed by atoms with Crippen molar-refractivity contribution in [3.63, 3.8) is 0 Å². The molecule has 15 rings (SSSR count). The van der Waals surface area contributed by atoms with E-state index in [1.54, 1.807) is 102 Å². The molecule has 33 nitrogen and oxygen atoms in total. The Labute approximate surface area is 687 Å². The smallest absolute Gasteiger partial charge is 0.334 e. The van der Waals surface area contributed by atoms with Gasteiger partial charge in [0.05, 0.1) is 19.0 Å². The Morgan fingerprint density at radius 2 is 0.703 bits per heavy atom. The number of hydrogen-bond acceptors (Lipinski definition) is 22. The number of rotatable bonds is 26. The highest BCUT2D eigenvalue weighted by Gasteiger charge is 2.34. The molecule has 4 aromatic carbocycles. The third-order valence-electron chi connectivity index (χ3n) is 19.9. The van der Waals surface area contributed by atoms with Gasteiger partial charge in [0.15, 0.2) is 46.1 Å². The van der Waals surface area contributed by atoms with Crippen LogP contribution in [0.25, 0.3) is 44.1 Å². The number of nitrogens with zero attached hydrogens (tertiary/aromatic N) is 9. The minimum atomic E-state index is -1.15. The van der Waals surface area contributed by atoms with Crippen molar-refractivity contribution >= 4 is 105 Å². The van der Waals surface area contributed by atoms with Crippen LogP contribution in [-0.2, 0) is 28.7 Å². The molecule has 1 aliphatic heterocycles. The van der Waals surface area contributed by atoms with E-state index < -0.39 is 58.8 Å². The average Bonchev–Trinajstić information content (AvgIpc) is 1.45. The maximum atomic E-state index is 13.8. The molecular weight excluding hydrogens is 1580 g/mol. The number of H-pyrrole nitrogens is 8. The number of carboxylic acid groups (broad SMARTS) is 1. The van der Waals surface area contributed by atoms with Crippen LogP contribution in [0.3, 0.4) is 0 Å². The summed E-state index contributed by atoms with van der Waals surface area (Å²) < 4.78 is 40.1. The number of carboxylic acids is 1. The van der Waals surface area contributed by atoms with Gasteiger partial charge in [0.25, 0.3) is 27.8 Å². The van der Waals surface area contributed by atoms with Gasteiger partial charge in [-0.2, -0.15) is 0 Å². The van der Waals surface area contributed by atoms with Gasteiger partial charge in [0, 0.05) is 13.1 Å². The Balaban J connectivity index is 0.000000145. The molecule has 8 aromatic heterocycles. The number of benzene rings is 4. The monoisotopic (exact) mass is 1660 g/mol. The third-order valence-corrected chi connectivity index (χ3v) is 21.1. The number of carbonyl (C=O) groups is 4. The number of carbonyl (C=O) groups excluding carboxylic acids is 3. The zero-order chi connectivity index (χ0) is 83.4. The van der Waals surface area contributed by atoms with Crippen LogP contribution in [0.15, 0.2) is 197 Å². The van der Waals surface area contributed by atoms with Crippen LogP contribution in [0.1, 0.15) is 136 Å². The average molecular weight is 1660 g/mol. The first-order valence-electron chi connectivity index (χ1n) is 38.3. The minimum absolute atomic E-state index is 0.0630. The van der Waals surface area contributed by atoms with Gasteiger partial charge in [-0.15, -0.1) is 0 Å². The van der Waals surface area contributed by atoms with E-state index in [9.17, 15) is 48.3 Å². The van der Waals surface area contributed by atoms with Gasteiger partial charge >= 0.3 is 17.9 Å². The second kappa shape index (κ2) is 39.9. The van der Waals surface area contributed by atoms with Gasteiger partial charge in [-0.3, -0.25) is 74.1 Å². The minimum Gasteiger partial charge on any atom is -0.490 e.